The maximum Gasteiger partial charge on any atom is 0.349 e. The summed E-state index contributed by atoms with van der Waals surface area (Å²) in [5.74, 6) is -2.46. The number of esters is 1. The zero-order valence-electron chi connectivity index (χ0n) is 10.9. The number of rotatable bonds is 6. The van der Waals surface area contributed by atoms with Crippen LogP contribution in [0.25, 0.3) is 0 Å². The Morgan fingerprint density at radius 3 is 2.58 bits per heavy atom. The average Bonchev–Trinajstić information content (AvgIpc) is 2.41. The van der Waals surface area contributed by atoms with Gasteiger partial charge in [-0.05, 0) is 13.3 Å². The van der Waals surface area contributed by atoms with Crippen LogP contribution in [0.1, 0.15) is 26.7 Å². The molecule has 0 heterocycles. The fourth-order valence-corrected chi connectivity index (χ4v) is 1.59. The molecule has 0 bridgehead atoms. The van der Waals surface area contributed by atoms with Gasteiger partial charge in [0.15, 0.2) is 6.10 Å². The zero-order chi connectivity index (χ0) is 14.4. The first kappa shape index (κ1) is 15.1. The molecule has 0 amide bonds. The first-order chi connectivity index (χ1) is 9.08. The first-order valence-electron chi connectivity index (χ1n) is 6.09. The Morgan fingerprint density at radius 1 is 1.37 bits per heavy atom. The van der Waals surface area contributed by atoms with E-state index >= 15 is 0 Å². The van der Waals surface area contributed by atoms with Gasteiger partial charge in [-0.25, -0.2) is 4.79 Å². The molecule has 1 fully saturated rings. The Labute approximate surface area is 111 Å². The van der Waals surface area contributed by atoms with Crippen molar-refractivity contribution in [2.75, 3.05) is 13.2 Å². The molecule has 1 saturated carbocycles. The van der Waals surface area contributed by atoms with Gasteiger partial charge in [-0.3, -0.25) is 9.59 Å². The summed E-state index contributed by atoms with van der Waals surface area (Å²) in [6, 6.07) is 1.61. The van der Waals surface area contributed by atoms with Crippen LogP contribution in [-0.2, 0) is 23.9 Å². The maximum atomic E-state index is 11.5. The van der Waals surface area contributed by atoms with Crippen molar-refractivity contribution in [2.24, 2.45) is 0 Å². The summed E-state index contributed by atoms with van der Waals surface area (Å²) in [4.78, 5) is 34.4. The number of carbonyl (C=O) groups excluding carboxylic acids is 3. The molecule has 0 aromatic heterocycles. The summed E-state index contributed by atoms with van der Waals surface area (Å²) in [5.41, 5.74) is -0.616. The minimum absolute atomic E-state index is 0.0841. The van der Waals surface area contributed by atoms with Crippen LogP contribution >= 0.6 is 0 Å². The molecule has 1 aliphatic carbocycles. The molecule has 0 aromatic rings. The van der Waals surface area contributed by atoms with Crippen LogP contribution in [-0.4, -0.2) is 36.9 Å². The predicted molar refractivity (Wildman–Crippen MR) is 63.9 cm³/mol. The third-order valence-corrected chi connectivity index (χ3v) is 2.61. The molecular weight excluding hydrogens is 250 g/mol. The Morgan fingerprint density at radius 2 is 2.05 bits per heavy atom. The second-order valence-corrected chi connectivity index (χ2v) is 3.92. The standard InChI is InChI=1S/C13H15NO5/c1-3-5-6-19-12-9(10(15)11(12)16)8(7-14)13(17)18-4-2/h12H,3-6H2,1-2H3. The molecule has 0 spiro atoms. The quantitative estimate of drug-likeness (QED) is 0.231. The minimum atomic E-state index is -1.10. The van der Waals surface area contributed by atoms with Crippen LogP contribution in [0, 0.1) is 11.3 Å². The first-order valence-corrected chi connectivity index (χ1v) is 6.09. The van der Waals surface area contributed by atoms with Crippen molar-refractivity contribution in [2.45, 2.75) is 32.8 Å². The van der Waals surface area contributed by atoms with Crippen molar-refractivity contribution in [1.29, 1.82) is 5.26 Å². The van der Waals surface area contributed by atoms with E-state index in [1.54, 1.807) is 13.0 Å². The number of nitriles is 1. The van der Waals surface area contributed by atoms with Crippen molar-refractivity contribution >= 4 is 17.5 Å². The van der Waals surface area contributed by atoms with Crippen LogP contribution in [0.15, 0.2) is 11.1 Å². The van der Waals surface area contributed by atoms with Crippen LogP contribution in [0.4, 0.5) is 0 Å². The van der Waals surface area contributed by atoms with Crippen molar-refractivity contribution < 1.29 is 23.9 Å². The van der Waals surface area contributed by atoms with Crippen molar-refractivity contribution in [3.8, 4) is 6.07 Å². The number of ether oxygens (including phenoxy) is 2. The molecule has 0 aromatic carbocycles. The molecule has 1 unspecified atom stereocenters. The van der Waals surface area contributed by atoms with Gasteiger partial charge in [-0.15, -0.1) is 0 Å². The van der Waals surface area contributed by atoms with E-state index in [1.807, 2.05) is 6.92 Å². The fraction of sp³-hybridized carbons (Fsp3) is 0.538. The van der Waals surface area contributed by atoms with Gasteiger partial charge in [0.1, 0.15) is 11.6 Å². The van der Waals surface area contributed by atoms with Gasteiger partial charge >= 0.3 is 5.97 Å². The summed E-state index contributed by atoms with van der Waals surface area (Å²) in [6.07, 6.45) is 0.502. The number of hydrogen-bond acceptors (Lipinski definition) is 6. The van der Waals surface area contributed by atoms with E-state index in [9.17, 15) is 14.4 Å². The number of unbranched alkanes of at least 4 members (excludes halogenated alkanes) is 1. The Bertz CT molecular complexity index is 472. The SMILES string of the molecule is CCCCOC1C(=O)C(=O)C1=C(C#N)C(=O)OCC. The van der Waals surface area contributed by atoms with E-state index in [4.69, 9.17) is 10.00 Å². The third kappa shape index (κ3) is 3.06. The van der Waals surface area contributed by atoms with Gasteiger partial charge < -0.3 is 9.47 Å². The lowest BCUT2D eigenvalue weighted by Crippen LogP contribution is -2.49. The monoisotopic (exact) mass is 265 g/mol. The molecule has 1 atom stereocenters. The summed E-state index contributed by atoms with van der Waals surface area (Å²) in [7, 11) is 0. The highest BCUT2D eigenvalue weighted by atomic mass is 16.5. The Hall–Kier alpha value is -2.00. The fourth-order valence-electron chi connectivity index (χ4n) is 1.59. The molecule has 102 valence electrons. The maximum absolute atomic E-state index is 11.5. The van der Waals surface area contributed by atoms with Crippen molar-refractivity contribution in [3.63, 3.8) is 0 Å². The van der Waals surface area contributed by atoms with Gasteiger partial charge in [0.2, 0.25) is 11.6 Å². The summed E-state index contributed by atoms with van der Waals surface area (Å²) in [6.45, 7) is 3.92. The van der Waals surface area contributed by atoms with Crippen LogP contribution in [0.3, 0.4) is 0 Å². The Balaban J connectivity index is 2.93. The second kappa shape index (κ2) is 6.81. The molecule has 0 aliphatic heterocycles. The van der Waals surface area contributed by atoms with Crippen LogP contribution in [0.5, 0.6) is 0 Å². The predicted octanol–water partition coefficient (Wildman–Crippen LogP) is 0.707. The van der Waals surface area contributed by atoms with E-state index < -0.39 is 29.2 Å². The lowest BCUT2D eigenvalue weighted by Gasteiger charge is -2.27. The third-order valence-electron chi connectivity index (χ3n) is 2.61. The smallest absolute Gasteiger partial charge is 0.349 e. The highest BCUT2D eigenvalue weighted by molar-refractivity contribution is 6.55. The second-order valence-electron chi connectivity index (χ2n) is 3.92. The molecule has 0 radical (unpaired) electrons. The molecule has 0 saturated heterocycles. The average molecular weight is 265 g/mol. The summed E-state index contributed by atoms with van der Waals surface area (Å²) < 4.78 is 9.91. The number of hydrogen-bond donors (Lipinski definition) is 0. The van der Waals surface area contributed by atoms with Gasteiger partial charge in [0.05, 0.1) is 12.2 Å². The summed E-state index contributed by atoms with van der Waals surface area (Å²) in [5, 5.41) is 8.92. The van der Waals surface area contributed by atoms with Gasteiger partial charge in [0.25, 0.3) is 0 Å². The van der Waals surface area contributed by atoms with Crippen LogP contribution in [0.2, 0.25) is 0 Å². The molecule has 19 heavy (non-hydrogen) atoms. The number of ketones is 2. The lowest BCUT2D eigenvalue weighted by atomic mass is 9.81. The number of carbonyl (C=O) groups is 3. The number of Topliss-reactive ketones (excluding diaryl/α,β-unsaturated/α-hetero) is 2. The Kier molecular flexibility index (Phi) is 5.39. The largest absolute Gasteiger partial charge is 0.462 e. The van der Waals surface area contributed by atoms with E-state index in [0.29, 0.717) is 6.61 Å². The molecule has 0 N–H and O–H groups in total. The molecular formula is C13H15NO5. The van der Waals surface area contributed by atoms with E-state index in [1.165, 1.54) is 0 Å². The van der Waals surface area contributed by atoms with Crippen molar-refractivity contribution in [1.82, 2.24) is 0 Å². The molecule has 1 aliphatic rings. The molecule has 6 heteroatoms. The topological polar surface area (TPSA) is 93.5 Å². The highest BCUT2D eigenvalue weighted by Crippen LogP contribution is 2.26. The van der Waals surface area contributed by atoms with Gasteiger partial charge in [-0.2, -0.15) is 5.26 Å². The van der Waals surface area contributed by atoms with E-state index in [0.717, 1.165) is 12.8 Å². The highest BCUT2D eigenvalue weighted by Gasteiger charge is 2.48. The van der Waals surface area contributed by atoms with Crippen molar-refractivity contribution in [3.05, 3.63) is 11.1 Å². The zero-order valence-corrected chi connectivity index (χ0v) is 10.9. The van der Waals surface area contributed by atoms with Gasteiger partial charge in [0, 0.05) is 6.61 Å². The molecule has 6 nitrogen and oxygen atoms in total. The van der Waals surface area contributed by atoms with Crippen LogP contribution < -0.4 is 0 Å². The molecule has 1 rings (SSSR count). The minimum Gasteiger partial charge on any atom is -0.462 e. The summed E-state index contributed by atoms with van der Waals surface area (Å²) >= 11 is 0. The normalized spacial score (nSPS) is 20.6. The van der Waals surface area contributed by atoms with E-state index in [-0.39, 0.29) is 12.2 Å². The number of nitrogens with zero attached hydrogens (tertiary/aromatic N) is 1. The van der Waals surface area contributed by atoms with E-state index in [2.05, 4.69) is 4.74 Å². The van der Waals surface area contributed by atoms with Gasteiger partial charge in [-0.1, -0.05) is 13.3 Å². The lowest BCUT2D eigenvalue weighted by molar-refractivity contribution is -0.148.